The number of benzene rings is 1. The Bertz CT molecular complexity index is 376. The van der Waals surface area contributed by atoms with Crippen LogP contribution in [0.25, 0.3) is 0 Å². The summed E-state index contributed by atoms with van der Waals surface area (Å²) >= 11 is 7.97. The lowest BCUT2D eigenvalue weighted by Gasteiger charge is -2.29. The Balaban J connectivity index is 2.09. The zero-order valence-electron chi connectivity index (χ0n) is 10.2. The van der Waals surface area contributed by atoms with Crippen LogP contribution in [0.4, 0.5) is 4.39 Å². The topological polar surface area (TPSA) is 38.0 Å². The number of hydrogen-bond donors (Lipinski definition) is 2. The molecule has 18 heavy (non-hydrogen) atoms. The van der Waals surface area contributed by atoms with Crippen molar-refractivity contribution in [2.45, 2.75) is 37.0 Å². The van der Waals surface area contributed by atoms with Crippen molar-refractivity contribution in [2.75, 3.05) is 5.75 Å². The third-order valence-corrected chi connectivity index (χ3v) is 5.23. The molecule has 3 N–H and O–H groups in total. The summed E-state index contributed by atoms with van der Waals surface area (Å²) in [5.41, 5.74) is 3.39. The van der Waals surface area contributed by atoms with Crippen LogP contribution in [0.3, 0.4) is 0 Å². The lowest BCUT2D eigenvalue weighted by atomic mass is 9.99. The third-order valence-electron chi connectivity index (χ3n) is 3.36. The molecule has 1 aliphatic rings. The van der Waals surface area contributed by atoms with Crippen molar-refractivity contribution in [3.8, 4) is 0 Å². The maximum Gasteiger partial charge on any atom is 0.127 e. The Labute approximate surface area is 116 Å². The first kappa shape index (κ1) is 14.1. The van der Waals surface area contributed by atoms with E-state index in [1.54, 1.807) is 12.1 Å². The van der Waals surface area contributed by atoms with Gasteiger partial charge >= 0.3 is 0 Å². The van der Waals surface area contributed by atoms with Gasteiger partial charge in [-0.1, -0.05) is 24.1 Å². The Morgan fingerprint density at radius 2 is 2.33 bits per heavy atom. The normalized spacial score (nSPS) is 21.8. The van der Waals surface area contributed by atoms with Crippen LogP contribution in [-0.4, -0.2) is 17.0 Å². The molecule has 1 heterocycles. The van der Waals surface area contributed by atoms with Gasteiger partial charge < -0.3 is 0 Å². The van der Waals surface area contributed by atoms with E-state index in [0.29, 0.717) is 22.3 Å². The van der Waals surface area contributed by atoms with E-state index in [9.17, 15) is 4.39 Å². The molecular formula is C13H18ClFN2S. The van der Waals surface area contributed by atoms with Gasteiger partial charge in [0.15, 0.2) is 0 Å². The Morgan fingerprint density at radius 1 is 1.50 bits per heavy atom. The van der Waals surface area contributed by atoms with E-state index in [2.05, 4.69) is 5.43 Å². The van der Waals surface area contributed by atoms with Gasteiger partial charge in [-0.2, -0.15) is 11.8 Å². The van der Waals surface area contributed by atoms with E-state index in [1.165, 1.54) is 18.9 Å². The van der Waals surface area contributed by atoms with Crippen LogP contribution in [0.5, 0.6) is 0 Å². The van der Waals surface area contributed by atoms with Crippen molar-refractivity contribution in [2.24, 2.45) is 5.84 Å². The van der Waals surface area contributed by atoms with E-state index >= 15 is 0 Å². The van der Waals surface area contributed by atoms with E-state index in [-0.39, 0.29) is 11.9 Å². The Kier molecular flexibility index (Phi) is 5.30. The summed E-state index contributed by atoms with van der Waals surface area (Å²) in [7, 11) is 0. The highest BCUT2D eigenvalue weighted by molar-refractivity contribution is 8.00. The second kappa shape index (κ2) is 6.75. The van der Waals surface area contributed by atoms with Crippen LogP contribution in [-0.2, 0) is 6.42 Å². The van der Waals surface area contributed by atoms with E-state index < -0.39 is 0 Å². The minimum Gasteiger partial charge on any atom is -0.271 e. The molecule has 0 amide bonds. The van der Waals surface area contributed by atoms with Gasteiger partial charge in [-0.05, 0) is 37.1 Å². The van der Waals surface area contributed by atoms with Crippen molar-refractivity contribution >= 4 is 23.4 Å². The molecule has 5 heteroatoms. The molecule has 2 rings (SSSR count). The van der Waals surface area contributed by atoms with Gasteiger partial charge in [0.05, 0.1) is 0 Å². The fraction of sp³-hybridized carbons (Fsp3) is 0.538. The van der Waals surface area contributed by atoms with Crippen molar-refractivity contribution in [1.29, 1.82) is 0 Å². The van der Waals surface area contributed by atoms with Crippen LogP contribution >= 0.6 is 23.4 Å². The number of halogens is 2. The largest absolute Gasteiger partial charge is 0.271 e. The van der Waals surface area contributed by atoms with Crippen LogP contribution in [0.2, 0.25) is 5.02 Å². The van der Waals surface area contributed by atoms with Gasteiger partial charge in [0, 0.05) is 21.9 Å². The molecule has 0 aromatic heterocycles. The van der Waals surface area contributed by atoms with Crippen LogP contribution in [0.1, 0.15) is 24.8 Å². The summed E-state index contributed by atoms with van der Waals surface area (Å²) in [6, 6.07) is 4.87. The standard InChI is InChI=1S/C13H18ClFN2S/c14-10-4-3-5-11(15)9(10)8-12(17-16)13-6-1-2-7-18-13/h3-5,12-13,17H,1-2,6-8,16H2. The van der Waals surface area contributed by atoms with Crippen molar-refractivity contribution in [3.63, 3.8) is 0 Å². The zero-order chi connectivity index (χ0) is 13.0. The number of nitrogens with two attached hydrogens (primary N) is 1. The molecule has 0 saturated carbocycles. The van der Waals surface area contributed by atoms with Crippen LogP contribution in [0.15, 0.2) is 18.2 Å². The number of hydrogen-bond acceptors (Lipinski definition) is 3. The van der Waals surface area contributed by atoms with Crippen LogP contribution in [0, 0.1) is 5.82 Å². The van der Waals surface area contributed by atoms with E-state index in [4.69, 9.17) is 17.4 Å². The maximum absolute atomic E-state index is 13.8. The summed E-state index contributed by atoms with van der Waals surface area (Å²) in [5.74, 6) is 6.54. The van der Waals surface area contributed by atoms with Gasteiger partial charge in [-0.15, -0.1) is 0 Å². The van der Waals surface area contributed by atoms with Gasteiger partial charge in [-0.3, -0.25) is 11.3 Å². The average molecular weight is 289 g/mol. The molecule has 2 atom stereocenters. The van der Waals surface area contributed by atoms with Crippen molar-refractivity contribution < 1.29 is 4.39 Å². The van der Waals surface area contributed by atoms with Crippen LogP contribution < -0.4 is 11.3 Å². The van der Waals surface area contributed by atoms with E-state index in [0.717, 1.165) is 12.2 Å². The highest BCUT2D eigenvalue weighted by Gasteiger charge is 2.25. The van der Waals surface area contributed by atoms with Gasteiger partial charge in [0.1, 0.15) is 5.82 Å². The highest BCUT2D eigenvalue weighted by Crippen LogP contribution is 2.30. The summed E-state index contributed by atoms with van der Waals surface area (Å²) in [4.78, 5) is 0. The molecule has 100 valence electrons. The molecular weight excluding hydrogens is 271 g/mol. The molecule has 0 spiro atoms. The zero-order valence-corrected chi connectivity index (χ0v) is 11.7. The number of nitrogens with one attached hydrogen (secondary N) is 1. The lowest BCUT2D eigenvalue weighted by molar-refractivity contribution is 0.463. The molecule has 0 bridgehead atoms. The first-order valence-corrected chi connectivity index (χ1v) is 7.65. The maximum atomic E-state index is 13.8. The smallest absolute Gasteiger partial charge is 0.127 e. The average Bonchev–Trinajstić information content (AvgIpc) is 2.40. The molecule has 1 fully saturated rings. The molecule has 1 aromatic carbocycles. The molecule has 0 radical (unpaired) electrons. The summed E-state index contributed by atoms with van der Waals surface area (Å²) < 4.78 is 13.8. The molecule has 0 aliphatic carbocycles. The fourth-order valence-electron chi connectivity index (χ4n) is 2.33. The number of rotatable bonds is 4. The number of hydrazine groups is 1. The minimum atomic E-state index is -0.247. The second-order valence-corrected chi connectivity index (χ2v) is 6.34. The second-order valence-electron chi connectivity index (χ2n) is 4.58. The van der Waals surface area contributed by atoms with E-state index in [1.807, 2.05) is 11.8 Å². The monoisotopic (exact) mass is 288 g/mol. The van der Waals surface area contributed by atoms with Crippen molar-refractivity contribution in [1.82, 2.24) is 5.43 Å². The van der Waals surface area contributed by atoms with Crippen molar-refractivity contribution in [3.05, 3.63) is 34.6 Å². The molecule has 1 aliphatic heterocycles. The molecule has 2 nitrogen and oxygen atoms in total. The van der Waals surface area contributed by atoms with Gasteiger partial charge in [-0.25, -0.2) is 4.39 Å². The first-order valence-electron chi connectivity index (χ1n) is 6.23. The Morgan fingerprint density at radius 3 is 2.94 bits per heavy atom. The van der Waals surface area contributed by atoms with Gasteiger partial charge in [0.25, 0.3) is 0 Å². The minimum absolute atomic E-state index is 0.0738. The quantitative estimate of drug-likeness (QED) is 0.660. The first-order chi connectivity index (χ1) is 8.72. The van der Waals surface area contributed by atoms with Gasteiger partial charge in [0.2, 0.25) is 0 Å². The third kappa shape index (κ3) is 3.38. The SMILES string of the molecule is NNC(Cc1c(F)cccc1Cl)C1CCCCS1. The number of thioether (sulfide) groups is 1. The molecule has 1 saturated heterocycles. The predicted octanol–water partition coefficient (Wildman–Crippen LogP) is 3.14. The summed E-state index contributed by atoms with van der Waals surface area (Å²) in [5, 5.41) is 0.926. The summed E-state index contributed by atoms with van der Waals surface area (Å²) in [6.07, 6.45) is 4.16. The molecule has 1 aromatic rings. The Hall–Kier alpha value is -0.290. The highest BCUT2D eigenvalue weighted by atomic mass is 35.5. The predicted molar refractivity (Wildman–Crippen MR) is 76.3 cm³/mol. The lowest BCUT2D eigenvalue weighted by Crippen LogP contribution is -2.45. The molecule has 2 unspecified atom stereocenters. The summed E-state index contributed by atoms with van der Waals surface area (Å²) in [6.45, 7) is 0. The fourth-order valence-corrected chi connectivity index (χ4v) is 3.98.